The Morgan fingerprint density at radius 2 is 1.84 bits per heavy atom. The lowest BCUT2D eigenvalue weighted by Gasteiger charge is -2.36. The van der Waals surface area contributed by atoms with Crippen LogP contribution in [-0.2, 0) is 9.47 Å². The van der Waals surface area contributed by atoms with Gasteiger partial charge in [0.25, 0.3) is 0 Å². The summed E-state index contributed by atoms with van der Waals surface area (Å²) in [6.45, 7) is 8.26. The molecule has 3 aliphatic heterocycles. The van der Waals surface area contributed by atoms with Crippen LogP contribution >= 0.6 is 0 Å². The topological polar surface area (TPSA) is 33.7 Å². The summed E-state index contributed by atoms with van der Waals surface area (Å²) in [6.07, 6.45) is 7.24. The van der Waals surface area contributed by atoms with Crippen molar-refractivity contribution in [2.24, 2.45) is 11.8 Å². The van der Waals surface area contributed by atoms with Gasteiger partial charge in [-0.1, -0.05) is 12.2 Å². The minimum Gasteiger partial charge on any atom is -0.381 e. The van der Waals surface area contributed by atoms with Gasteiger partial charge in [-0.3, -0.25) is 4.90 Å². The van der Waals surface area contributed by atoms with E-state index in [0.29, 0.717) is 17.9 Å². The SMILES string of the molecule is C(=C\C(C1CCOC1)N1CCNCC1)/C1CCOC1. The van der Waals surface area contributed by atoms with Crippen molar-refractivity contribution in [1.29, 1.82) is 0 Å². The summed E-state index contributed by atoms with van der Waals surface area (Å²) in [5.74, 6) is 1.31. The molecular formula is C15H26N2O2. The van der Waals surface area contributed by atoms with Crippen LogP contribution in [0.5, 0.6) is 0 Å². The van der Waals surface area contributed by atoms with Crippen molar-refractivity contribution in [2.75, 3.05) is 52.6 Å². The van der Waals surface area contributed by atoms with E-state index in [-0.39, 0.29) is 0 Å². The van der Waals surface area contributed by atoms with Gasteiger partial charge in [0.2, 0.25) is 0 Å². The molecule has 19 heavy (non-hydrogen) atoms. The fourth-order valence-corrected chi connectivity index (χ4v) is 3.35. The van der Waals surface area contributed by atoms with Gasteiger partial charge in [0, 0.05) is 57.3 Å². The number of piperazine rings is 1. The van der Waals surface area contributed by atoms with E-state index >= 15 is 0 Å². The largest absolute Gasteiger partial charge is 0.381 e. The Hall–Kier alpha value is -0.420. The molecule has 1 N–H and O–H groups in total. The summed E-state index contributed by atoms with van der Waals surface area (Å²) in [6, 6.07) is 0.560. The van der Waals surface area contributed by atoms with Gasteiger partial charge in [-0.2, -0.15) is 0 Å². The van der Waals surface area contributed by atoms with Gasteiger partial charge in [0.05, 0.1) is 13.2 Å². The van der Waals surface area contributed by atoms with Crippen LogP contribution in [0.4, 0.5) is 0 Å². The van der Waals surface area contributed by atoms with Gasteiger partial charge in [0.15, 0.2) is 0 Å². The second-order valence-corrected chi connectivity index (χ2v) is 5.91. The lowest BCUT2D eigenvalue weighted by Crippen LogP contribution is -2.50. The first kappa shape index (κ1) is 13.6. The molecule has 0 aliphatic carbocycles. The molecule has 3 aliphatic rings. The molecule has 108 valence electrons. The quantitative estimate of drug-likeness (QED) is 0.766. The molecule has 4 nitrogen and oxygen atoms in total. The fourth-order valence-electron chi connectivity index (χ4n) is 3.35. The predicted octanol–water partition coefficient (Wildman–Crippen LogP) is 0.889. The number of nitrogens with zero attached hydrogens (tertiary/aromatic N) is 1. The molecule has 0 saturated carbocycles. The van der Waals surface area contributed by atoms with E-state index in [2.05, 4.69) is 22.4 Å². The first-order valence-corrected chi connectivity index (χ1v) is 7.72. The molecule has 4 heteroatoms. The lowest BCUT2D eigenvalue weighted by atomic mass is 9.94. The second-order valence-electron chi connectivity index (χ2n) is 5.91. The van der Waals surface area contributed by atoms with Crippen molar-refractivity contribution in [3.8, 4) is 0 Å². The molecule has 0 aromatic rings. The van der Waals surface area contributed by atoms with Crippen LogP contribution < -0.4 is 5.32 Å². The van der Waals surface area contributed by atoms with Crippen molar-refractivity contribution in [3.05, 3.63) is 12.2 Å². The van der Waals surface area contributed by atoms with Crippen molar-refractivity contribution >= 4 is 0 Å². The maximum atomic E-state index is 5.60. The fraction of sp³-hybridized carbons (Fsp3) is 0.867. The minimum absolute atomic E-state index is 0.560. The minimum atomic E-state index is 0.560. The molecule has 3 unspecified atom stereocenters. The Labute approximate surface area is 116 Å². The number of nitrogens with one attached hydrogen (secondary N) is 1. The van der Waals surface area contributed by atoms with E-state index < -0.39 is 0 Å². The molecule has 0 aromatic heterocycles. The number of rotatable bonds is 4. The molecular weight excluding hydrogens is 240 g/mol. The Balaban J connectivity index is 1.63. The molecule has 3 saturated heterocycles. The van der Waals surface area contributed by atoms with Crippen LogP contribution in [0.1, 0.15) is 12.8 Å². The molecule has 0 radical (unpaired) electrons. The maximum absolute atomic E-state index is 5.60. The van der Waals surface area contributed by atoms with Crippen LogP contribution in [0.25, 0.3) is 0 Å². The number of ether oxygens (including phenoxy) is 2. The van der Waals surface area contributed by atoms with Crippen molar-refractivity contribution in [3.63, 3.8) is 0 Å². The monoisotopic (exact) mass is 266 g/mol. The van der Waals surface area contributed by atoms with Gasteiger partial charge in [0.1, 0.15) is 0 Å². The van der Waals surface area contributed by atoms with Crippen LogP contribution in [-0.4, -0.2) is 63.5 Å². The molecule has 0 aromatic carbocycles. The molecule has 3 rings (SSSR count). The van der Waals surface area contributed by atoms with Gasteiger partial charge in [-0.15, -0.1) is 0 Å². The Bertz CT molecular complexity index is 291. The smallest absolute Gasteiger partial charge is 0.0529 e. The zero-order chi connectivity index (χ0) is 12.9. The average molecular weight is 266 g/mol. The predicted molar refractivity (Wildman–Crippen MR) is 75.2 cm³/mol. The van der Waals surface area contributed by atoms with E-state index in [1.165, 1.54) is 12.8 Å². The van der Waals surface area contributed by atoms with Crippen LogP contribution in [0.15, 0.2) is 12.2 Å². The summed E-state index contributed by atoms with van der Waals surface area (Å²) in [5, 5.41) is 3.44. The highest BCUT2D eigenvalue weighted by Gasteiger charge is 2.29. The van der Waals surface area contributed by atoms with Gasteiger partial charge >= 0.3 is 0 Å². The number of hydrogen-bond acceptors (Lipinski definition) is 4. The highest BCUT2D eigenvalue weighted by molar-refractivity contribution is 5.02. The zero-order valence-electron chi connectivity index (χ0n) is 11.7. The number of hydrogen-bond donors (Lipinski definition) is 1. The summed E-state index contributed by atoms with van der Waals surface area (Å²) in [4.78, 5) is 2.63. The molecule has 3 fully saturated rings. The van der Waals surface area contributed by atoms with Crippen LogP contribution in [0.3, 0.4) is 0 Å². The first-order chi connectivity index (χ1) is 9.43. The lowest BCUT2D eigenvalue weighted by molar-refractivity contribution is 0.131. The van der Waals surface area contributed by atoms with Crippen molar-refractivity contribution < 1.29 is 9.47 Å². The highest BCUT2D eigenvalue weighted by atomic mass is 16.5. The summed E-state index contributed by atoms with van der Waals surface area (Å²) in [5.41, 5.74) is 0. The van der Waals surface area contributed by atoms with Crippen LogP contribution in [0, 0.1) is 11.8 Å². The molecule has 0 bridgehead atoms. The zero-order valence-corrected chi connectivity index (χ0v) is 11.7. The summed E-state index contributed by atoms with van der Waals surface area (Å²) >= 11 is 0. The van der Waals surface area contributed by atoms with E-state index in [4.69, 9.17) is 9.47 Å². The molecule has 0 amide bonds. The molecule has 3 heterocycles. The summed E-state index contributed by atoms with van der Waals surface area (Å²) in [7, 11) is 0. The summed E-state index contributed by atoms with van der Waals surface area (Å²) < 4.78 is 11.1. The van der Waals surface area contributed by atoms with Crippen molar-refractivity contribution in [2.45, 2.75) is 18.9 Å². The van der Waals surface area contributed by atoms with Crippen molar-refractivity contribution in [1.82, 2.24) is 10.2 Å². The third-order valence-electron chi connectivity index (χ3n) is 4.57. The Kier molecular flexibility index (Phi) is 4.88. The van der Waals surface area contributed by atoms with Crippen LogP contribution in [0.2, 0.25) is 0 Å². The van der Waals surface area contributed by atoms with E-state index in [9.17, 15) is 0 Å². The Morgan fingerprint density at radius 1 is 1.05 bits per heavy atom. The Morgan fingerprint density at radius 3 is 2.53 bits per heavy atom. The standard InChI is InChI=1S/C15H26N2O2/c1(13-3-9-18-11-13)2-15(14-4-10-19-12-14)17-7-5-16-6-8-17/h1-2,13-16H,3-12H2/b2-1+. The van der Waals surface area contributed by atoms with Gasteiger partial charge < -0.3 is 14.8 Å². The van der Waals surface area contributed by atoms with E-state index in [1.54, 1.807) is 0 Å². The van der Waals surface area contributed by atoms with E-state index in [1.807, 2.05) is 0 Å². The first-order valence-electron chi connectivity index (χ1n) is 7.72. The average Bonchev–Trinajstić information content (AvgIpc) is 3.13. The third kappa shape index (κ3) is 3.57. The van der Waals surface area contributed by atoms with E-state index in [0.717, 1.165) is 52.6 Å². The second kappa shape index (κ2) is 6.84. The third-order valence-corrected chi connectivity index (χ3v) is 4.57. The molecule has 3 atom stereocenters. The van der Waals surface area contributed by atoms with Gasteiger partial charge in [-0.05, 0) is 12.8 Å². The van der Waals surface area contributed by atoms with Gasteiger partial charge in [-0.25, -0.2) is 0 Å². The normalized spacial score (nSPS) is 35.2. The maximum Gasteiger partial charge on any atom is 0.0529 e. The molecule has 0 spiro atoms. The highest BCUT2D eigenvalue weighted by Crippen LogP contribution is 2.24.